The number of benzene rings is 1. The van der Waals surface area contributed by atoms with Crippen LogP contribution < -0.4 is 4.74 Å². The molecule has 5 nitrogen and oxygen atoms in total. The molecule has 2 saturated heterocycles. The number of carbonyl (C=O) groups is 1. The SMILES string of the molecule is CCc1ccccc1OCC(=O)N1CCCC1C1COCCC1O. The third kappa shape index (κ3) is 3.73. The summed E-state index contributed by atoms with van der Waals surface area (Å²) < 4.78 is 11.3. The summed E-state index contributed by atoms with van der Waals surface area (Å²) in [6, 6.07) is 7.90. The van der Waals surface area contributed by atoms with E-state index in [1.165, 1.54) is 0 Å². The lowest BCUT2D eigenvalue weighted by Crippen LogP contribution is -2.49. The lowest BCUT2D eigenvalue weighted by molar-refractivity contribution is -0.138. The van der Waals surface area contributed by atoms with Gasteiger partial charge in [-0.05, 0) is 37.3 Å². The zero-order valence-corrected chi connectivity index (χ0v) is 14.3. The summed E-state index contributed by atoms with van der Waals surface area (Å²) in [6.07, 6.45) is 3.07. The van der Waals surface area contributed by atoms with Crippen LogP contribution in [0.4, 0.5) is 0 Å². The third-order valence-electron chi connectivity index (χ3n) is 5.18. The molecule has 1 aromatic carbocycles. The van der Waals surface area contributed by atoms with E-state index in [-0.39, 0.29) is 30.6 Å². The molecule has 24 heavy (non-hydrogen) atoms. The second kappa shape index (κ2) is 7.99. The van der Waals surface area contributed by atoms with Gasteiger partial charge in [-0.2, -0.15) is 0 Å². The number of para-hydroxylation sites is 1. The molecule has 5 heteroatoms. The molecule has 2 aliphatic rings. The number of rotatable bonds is 5. The summed E-state index contributed by atoms with van der Waals surface area (Å²) >= 11 is 0. The van der Waals surface area contributed by atoms with Crippen molar-refractivity contribution in [2.75, 3.05) is 26.4 Å². The van der Waals surface area contributed by atoms with Crippen LogP contribution in [-0.4, -0.2) is 54.4 Å². The average Bonchev–Trinajstić information content (AvgIpc) is 3.10. The molecule has 0 spiro atoms. The fourth-order valence-corrected chi connectivity index (χ4v) is 3.82. The molecule has 1 N–H and O–H groups in total. The van der Waals surface area contributed by atoms with Crippen LogP contribution in [0.3, 0.4) is 0 Å². The highest BCUT2D eigenvalue weighted by molar-refractivity contribution is 5.78. The van der Waals surface area contributed by atoms with Crippen molar-refractivity contribution in [2.24, 2.45) is 5.92 Å². The highest BCUT2D eigenvalue weighted by Crippen LogP contribution is 2.30. The van der Waals surface area contributed by atoms with Crippen LogP contribution in [-0.2, 0) is 16.0 Å². The first kappa shape index (κ1) is 17.2. The fraction of sp³-hybridized carbons (Fsp3) is 0.632. The summed E-state index contributed by atoms with van der Waals surface area (Å²) in [6.45, 7) is 4.01. The minimum Gasteiger partial charge on any atom is -0.483 e. The van der Waals surface area contributed by atoms with Crippen LogP contribution in [0.25, 0.3) is 0 Å². The minimum absolute atomic E-state index is 0.00109. The minimum atomic E-state index is -0.376. The van der Waals surface area contributed by atoms with Gasteiger partial charge in [0.15, 0.2) is 6.61 Å². The molecular weight excluding hydrogens is 306 g/mol. The van der Waals surface area contributed by atoms with Gasteiger partial charge in [-0.3, -0.25) is 4.79 Å². The molecular formula is C19H27NO4. The Morgan fingerprint density at radius 2 is 2.21 bits per heavy atom. The summed E-state index contributed by atoms with van der Waals surface area (Å²) in [5.41, 5.74) is 1.11. The number of amides is 1. The molecule has 2 fully saturated rings. The molecule has 1 aromatic rings. The van der Waals surface area contributed by atoms with Gasteiger partial charge in [0.05, 0.1) is 12.7 Å². The molecule has 0 radical (unpaired) electrons. The Balaban J connectivity index is 1.61. The number of aliphatic hydroxyl groups is 1. The van der Waals surface area contributed by atoms with E-state index in [1.807, 2.05) is 29.2 Å². The summed E-state index contributed by atoms with van der Waals surface area (Å²) in [5, 5.41) is 10.3. The van der Waals surface area contributed by atoms with Gasteiger partial charge < -0.3 is 19.5 Å². The van der Waals surface area contributed by atoms with Crippen LogP contribution in [0.2, 0.25) is 0 Å². The van der Waals surface area contributed by atoms with Crippen molar-refractivity contribution in [2.45, 2.75) is 44.8 Å². The zero-order chi connectivity index (χ0) is 16.9. The van der Waals surface area contributed by atoms with Gasteiger partial charge in [0, 0.05) is 25.1 Å². The van der Waals surface area contributed by atoms with Crippen LogP contribution in [0.15, 0.2) is 24.3 Å². The van der Waals surface area contributed by atoms with E-state index >= 15 is 0 Å². The van der Waals surface area contributed by atoms with Crippen LogP contribution >= 0.6 is 0 Å². The maximum atomic E-state index is 12.7. The van der Waals surface area contributed by atoms with Gasteiger partial charge in [-0.15, -0.1) is 0 Å². The third-order valence-corrected chi connectivity index (χ3v) is 5.18. The van der Waals surface area contributed by atoms with E-state index in [4.69, 9.17) is 9.47 Å². The van der Waals surface area contributed by atoms with Gasteiger partial charge in [0.2, 0.25) is 0 Å². The smallest absolute Gasteiger partial charge is 0.260 e. The van der Waals surface area contributed by atoms with Gasteiger partial charge in [0.1, 0.15) is 5.75 Å². The van der Waals surface area contributed by atoms with Crippen molar-refractivity contribution in [1.82, 2.24) is 4.90 Å². The molecule has 0 saturated carbocycles. The molecule has 2 heterocycles. The van der Waals surface area contributed by atoms with E-state index < -0.39 is 0 Å². The van der Waals surface area contributed by atoms with E-state index in [2.05, 4.69) is 6.92 Å². The van der Waals surface area contributed by atoms with E-state index in [9.17, 15) is 9.90 Å². The normalized spacial score (nSPS) is 27.2. The van der Waals surface area contributed by atoms with E-state index in [1.54, 1.807) is 0 Å². The topological polar surface area (TPSA) is 59.0 Å². The summed E-state index contributed by atoms with van der Waals surface area (Å²) in [5.74, 6) is 0.805. The van der Waals surface area contributed by atoms with Crippen molar-refractivity contribution in [3.05, 3.63) is 29.8 Å². The first-order valence-electron chi connectivity index (χ1n) is 8.96. The Hall–Kier alpha value is -1.59. The van der Waals surface area contributed by atoms with Crippen molar-refractivity contribution >= 4 is 5.91 Å². The van der Waals surface area contributed by atoms with Crippen molar-refractivity contribution in [3.8, 4) is 5.75 Å². The number of likely N-dealkylation sites (tertiary alicyclic amines) is 1. The average molecular weight is 333 g/mol. The van der Waals surface area contributed by atoms with E-state index in [0.29, 0.717) is 19.6 Å². The Bertz CT molecular complexity index is 562. The van der Waals surface area contributed by atoms with Crippen molar-refractivity contribution in [3.63, 3.8) is 0 Å². The second-order valence-electron chi connectivity index (χ2n) is 6.64. The Morgan fingerprint density at radius 3 is 3.00 bits per heavy atom. The van der Waals surface area contributed by atoms with Crippen LogP contribution in [0, 0.1) is 5.92 Å². The molecule has 0 aliphatic carbocycles. The molecule has 3 unspecified atom stereocenters. The maximum Gasteiger partial charge on any atom is 0.260 e. The maximum absolute atomic E-state index is 12.7. The fourth-order valence-electron chi connectivity index (χ4n) is 3.82. The molecule has 3 rings (SSSR count). The lowest BCUT2D eigenvalue weighted by atomic mass is 9.89. The van der Waals surface area contributed by atoms with Crippen LogP contribution in [0.5, 0.6) is 5.75 Å². The van der Waals surface area contributed by atoms with Gasteiger partial charge >= 0.3 is 0 Å². The predicted molar refractivity (Wildman–Crippen MR) is 91.0 cm³/mol. The first-order chi connectivity index (χ1) is 11.7. The van der Waals surface area contributed by atoms with Gasteiger partial charge in [0.25, 0.3) is 5.91 Å². The van der Waals surface area contributed by atoms with Crippen molar-refractivity contribution < 1.29 is 19.4 Å². The van der Waals surface area contributed by atoms with Crippen LogP contribution in [0.1, 0.15) is 31.7 Å². The standard InChI is InChI=1S/C19H27NO4/c1-2-14-6-3-4-8-18(14)24-13-19(22)20-10-5-7-16(20)15-12-23-11-9-17(15)21/h3-4,6,8,15-17,21H,2,5,7,9-13H2,1H3. The summed E-state index contributed by atoms with van der Waals surface area (Å²) in [4.78, 5) is 14.5. The second-order valence-corrected chi connectivity index (χ2v) is 6.64. The molecule has 2 aliphatic heterocycles. The number of hydrogen-bond acceptors (Lipinski definition) is 4. The molecule has 3 atom stereocenters. The Labute approximate surface area is 143 Å². The van der Waals surface area contributed by atoms with Gasteiger partial charge in [-0.1, -0.05) is 25.1 Å². The zero-order valence-electron chi connectivity index (χ0n) is 14.3. The number of hydrogen-bond donors (Lipinski definition) is 1. The number of ether oxygens (including phenoxy) is 2. The number of nitrogens with zero attached hydrogens (tertiary/aromatic N) is 1. The quantitative estimate of drug-likeness (QED) is 0.895. The monoisotopic (exact) mass is 333 g/mol. The highest BCUT2D eigenvalue weighted by Gasteiger charge is 2.39. The largest absolute Gasteiger partial charge is 0.483 e. The Kier molecular flexibility index (Phi) is 5.74. The molecule has 132 valence electrons. The molecule has 0 bridgehead atoms. The number of aryl methyl sites for hydroxylation is 1. The van der Waals surface area contributed by atoms with Gasteiger partial charge in [-0.25, -0.2) is 0 Å². The first-order valence-corrected chi connectivity index (χ1v) is 8.96. The van der Waals surface area contributed by atoms with Crippen molar-refractivity contribution in [1.29, 1.82) is 0 Å². The lowest BCUT2D eigenvalue weighted by Gasteiger charge is -2.36. The Morgan fingerprint density at radius 1 is 1.38 bits per heavy atom. The number of carbonyl (C=O) groups excluding carboxylic acids is 1. The van der Waals surface area contributed by atoms with E-state index in [0.717, 1.165) is 37.1 Å². The summed E-state index contributed by atoms with van der Waals surface area (Å²) in [7, 11) is 0. The highest BCUT2D eigenvalue weighted by atomic mass is 16.5. The molecule has 1 amide bonds. The molecule has 0 aromatic heterocycles. The number of aliphatic hydroxyl groups excluding tert-OH is 1. The predicted octanol–water partition coefficient (Wildman–Crippen LogP) is 2.02.